The molecular formula is C24H34BrO3S-. The van der Waals surface area contributed by atoms with Gasteiger partial charge in [0.05, 0.1) is 4.90 Å². The van der Waals surface area contributed by atoms with Crippen LogP contribution in [0.2, 0.25) is 0 Å². The fourth-order valence-corrected chi connectivity index (χ4v) is 8.31. The van der Waals surface area contributed by atoms with Crippen LogP contribution in [-0.2, 0) is 10.1 Å². The second kappa shape index (κ2) is 9.40. The Kier molecular flexibility index (Phi) is 7.07. The summed E-state index contributed by atoms with van der Waals surface area (Å²) in [4.78, 5) is 0.155. The summed E-state index contributed by atoms with van der Waals surface area (Å²) in [6.45, 7) is 0. The van der Waals surface area contributed by atoms with E-state index in [0.29, 0.717) is 5.92 Å². The SMILES string of the molecule is O=S(=O)([O-])c1c(C2CCCCC2)cc(C2CCCCC2)c(Br)c1C1CCCCC1. The molecule has 1 aromatic rings. The molecule has 0 N–H and O–H groups in total. The van der Waals surface area contributed by atoms with E-state index in [2.05, 4.69) is 22.0 Å². The highest BCUT2D eigenvalue weighted by molar-refractivity contribution is 9.10. The molecule has 0 radical (unpaired) electrons. The molecule has 1 aromatic carbocycles. The molecule has 162 valence electrons. The Morgan fingerprint density at radius 3 is 1.55 bits per heavy atom. The quantitative estimate of drug-likeness (QED) is 0.418. The molecule has 0 saturated heterocycles. The molecule has 0 bridgehead atoms. The van der Waals surface area contributed by atoms with Gasteiger partial charge in [-0.05, 0) is 73.0 Å². The van der Waals surface area contributed by atoms with Gasteiger partial charge < -0.3 is 4.55 Å². The summed E-state index contributed by atoms with van der Waals surface area (Å²) in [6.07, 6.45) is 17.1. The molecule has 0 unspecified atom stereocenters. The van der Waals surface area contributed by atoms with Gasteiger partial charge in [0.25, 0.3) is 0 Å². The van der Waals surface area contributed by atoms with Gasteiger partial charge in [0, 0.05) is 4.47 Å². The standard InChI is InChI=1S/C24H35BrO3S/c25-23-20(17-10-4-1-5-11-17)16-21(18-12-6-2-7-13-18)24(29(26,27)28)22(23)19-14-8-3-9-15-19/h16-19H,1-15H2,(H,26,27,28)/p-1. The second-order valence-corrected chi connectivity index (χ2v) is 11.7. The second-order valence-electron chi connectivity index (χ2n) is 9.57. The third-order valence-electron chi connectivity index (χ3n) is 7.66. The van der Waals surface area contributed by atoms with Crippen molar-refractivity contribution in [2.45, 2.75) is 119 Å². The van der Waals surface area contributed by atoms with Gasteiger partial charge in [0.2, 0.25) is 0 Å². The van der Waals surface area contributed by atoms with Gasteiger partial charge in [-0.25, -0.2) is 8.42 Å². The van der Waals surface area contributed by atoms with E-state index in [1.807, 2.05) is 0 Å². The van der Waals surface area contributed by atoms with E-state index in [1.165, 1.54) is 50.5 Å². The summed E-state index contributed by atoms with van der Waals surface area (Å²) in [7, 11) is -4.51. The van der Waals surface area contributed by atoms with Crippen molar-refractivity contribution in [3.63, 3.8) is 0 Å². The van der Waals surface area contributed by atoms with E-state index in [1.54, 1.807) is 0 Å². The summed E-state index contributed by atoms with van der Waals surface area (Å²) in [5.74, 6) is 0.911. The van der Waals surface area contributed by atoms with Crippen molar-refractivity contribution >= 4 is 26.0 Å². The first-order chi connectivity index (χ1) is 14.0. The van der Waals surface area contributed by atoms with E-state index >= 15 is 0 Å². The molecule has 3 nitrogen and oxygen atoms in total. The van der Waals surface area contributed by atoms with Crippen LogP contribution in [0.3, 0.4) is 0 Å². The Morgan fingerprint density at radius 1 is 0.690 bits per heavy atom. The van der Waals surface area contributed by atoms with E-state index in [0.717, 1.165) is 67.0 Å². The average molecular weight is 483 g/mol. The van der Waals surface area contributed by atoms with Gasteiger partial charge >= 0.3 is 0 Å². The fraction of sp³-hybridized carbons (Fsp3) is 0.750. The Balaban J connectivity index is 1.91. The molecule has 4 rings (SSSR count). The van der Waals surface area contributed by atoms with Crippen LogP contribution < -0.4 is 0 Å². The molecule has 3 aliphatic carbocycles. The van der Waals surface area contributed by atoms with E-state index in [4.69, 9.17) is 0 Å². The van der Waals surface area contributed by atoms with Crippen LogP contribution in [-0.4, -0.2) is 13.0 Å². The molecule has 0 atom stereocenters. The highest BCUT2D eigenvalue weighted by Gasteiger charge is 2.32. The molecule has 0 heterocycles. The minimum absolute atomic E-state index is 0.155. The summed E-state index contributed by atoms with van der Waals surface area (Å²) in [5.41, 5.74) is 3.01. The molecule has 0 amide bonds. The predicted octanol–water partition coefficient (Wildman–Crippen LogP) is 7.50. The fourth-order valence-electron chi connectivity index (χ4n) is 6.17. The molecule has 0 spiro atoms. The molecule has 3 saturated carbocycles. The lowest BCUT2D eigenvalue weighted by atomic mass is 9.76. The van der Waals surface area contributed by atoms with Gasteiger partial charge in [-0.2, -0.15) is 0 Å². The normalized spacial score (nSPS) is 23.4. The van der Waals surface area contributed by atoms with Crippen LogP contribution in [0.15, 0.2) is 15.4 Å². The van der Waals surface area contributed by atoms with Crippen molar-refractivity contribution in [3.8, 4) is 0 Å². The lowest BCUT2D eigenvalue weighted by Gasteiger charge is -2.34. The van der Waals surface area contributed by atoms with Crippen LogP contribution in [0.1, 0.15) is 131 Å². The molecule has 3 fully saturated rings. The van der Waals surface area contributed by atoms with Crippen molar-refractivity contribution in [2.24, 2.45) is 0 Å². The Bertz CT molecular complexity index is 815. The minimum atomic E-state index is -4.51. The van der Waals surface area contributed by atoms with Crippen molar-refractivity contribution in [1.29, 1.82) is 0 Å². The number of hydrogen-bond donors (Lipinski definition) is 0. The summed E-state index contributed by atoms with van der Waals surface area (Å²) in [5, 5.41) is 0. The number of benzene rings is 1. The van der Waals surface area contributed by atoms with Gasteiger partial charge in [-0.1, -0.05) is 79.8 Å². The largest absolute Gasteiger partial charge is 0.744 e. The van der Waals surface area contributed by atoms with Crippen molar-refractivity contribution < 1.29 is 13.0 Å². The zero-order chi connectivity index (χ0) is 20.4. The summed E-state index contributed by atoms with van der Waals surface area (Å²) < 4.78 is 38.8. The van der Waals surface area contributed by atoms with E-state index < -0.39 is 10.1 Å². The predicted molar refractivity (Wildman–Crippen MR) is 120 cm³/mol. The van der Waals surface area contributed by atoms with Crippen molar-refractivity contribution in [3.05, 3.63) is 27.2 Å². The maximum atomic E-state index is 12.6. The number of halogens is 1. The van der Waals surface area contributed by atoms with Crippen LogP contribution >= 0.6 is 15.9 Å². The Morgan fingerprint density at radius 2 is 1.10 bits per heavy atom. The number of rotatable bonds is 4. The average Bonchev–Trinajstić information content (AvgIpc) is 2.74. The van der Waals surface area contributed by atoms with Crippen LogP contribution in [0, 0.1) is 0 Å². The van der Waals surface area contributed by atoms with E-state index in [-0.39, 0.29) is 16.7 Å². The number of hydrogen-bond acceptors (Lipinski definition) is 3. The molecular weight excluding hydrogens is 448 g/mol. The highest BCUT2D eigenvalue weighted by Crippen LogP contribution is 2.49. The monoisotopic (exact) mass is 481 g/mol. The zero-order valence-corrected chi connectivity index (χ0v) is 19.8. The van der Waals surface area contributed by atoms with Crippen molar-refractivity contribution in [2.75, 3.05) is 0 Å². The maximum Gasteiger partial charge on any atom is 0.125 e. The van der Waals surface area contributed by atoms with E-state index in [9.17, 15) is 13.0 Å². The van der Waals surface area contributed by atoms with Crippen molar-refractivity contribution in [1.82, 2.24) is 0 Å². The lowest BCUT2D eigenvalue weighted by Crippen LogP contribution is -2.19. The van der Waals surface area contributed by atoms with Crippen LogP contribution in [0.25, 0.3) is 0 Å². The van der Waals surface area contributed by atoms with Gasteiger partial charge in [-0.15, -0.1) is 0 Å². The van der Waals surface area contributed by atoms with Crippen LogP contribution in [0.4, 0.5) is 0 Å². The molecule has 0 aliphatic heterocycles. The lowest BCUT2D eigenvalue weighted by molar-refractivity contribution is 0.409. The Labute approximate surface area is 184 Å². The maximum absolute atomic E-state index is 12.6. The van der Waals surface area contributed by atoms with Crippen LogP contribution in [0.5, 0.6) is 0 Å². The molecule has 3 aliphatic rings. The zero-order valence-electron chi connectivity index (χ0n) is 17.4. The smallest absolute Gasteiger partial charge is 0.125 e. The topological polar surface area (TPSA) is 57.2 Å². The van der Waals surface area contributed by atoms with Gasteiger partial charge in [-0.3, -0.25) is 0 Å². The Hall–Kier alpha value is -0.390. The molecule has 0 aromatic heterocycles. The first kappa shape index (κ1) is 21.8. The first-order valence-electron chi connectivity index (χ1n) is 11.8. The third kappa shape index (κ3) is 4.77. The first-order valence-corrected chi connectivity index (χ1v) is 14.0. The summed E-state index contributed by atoms with van der Waals surface area (Å²) >= 11 is 3.85. The van der Waals surface area contributed by atoms with Gasteiger partial charge in [0.1, 0.15) is 10.1 Å². The third-order valence-corrected chi connectivity index (χ3v) is 9.50. The van der Waals surface area contributed by atoms with Gasteiger partial charge in [0.15, 0.2) is 0 Å². The minimum Gasteiger partial charge on any atom is -0.744 e. The molecule has 5 heteroatoms. The highest BCUT2D eigenvalue weighted by atomic mass is 79.9. The molecule has 29 heavy (non-hydrogen) atoms. The summed E-state index contributed by atoms with van der Waals surface area (Å²) in [6, 6.07) is 2.15.